The molecule has 242 valence electrons. The lowest BCUT2D eigenvalue weighted by Crippen LogP contribution is -2.25. The van der Waals surface area contributed by atoms with Crippen molar-refractivity contribution in [3.63, 3.8) is 0 Å². The molecule has 0 radical (unpaired) electrons. The lowest BCUT2D eigenvalue weighted by Gasteiger charge is -2.24. The van der Waals surface area contributed by atoms with Gasteiger partial charge in [0, 0.05) is 29.4 Å². The van der Waals surface area contributed by atoms with Crippen LogP contribution in [0.5, 0.6) is 0 Å². The molecular weight excluding hydrogens is 635 g/mol. The normalized spacial score (nSPS) is 14.8. The van der Waals surface area contributed by atoms with Crippen molar-refractivity contribution >= 4 is 17.3 Å². The summed E-state index contributed by atoms with van der Waals surface area (Å²) in [6, 6.07) is 4.29. The van der Waals surface area contributed by atoms with Crippen molar-refractivity contribution in [2.45, 2.75) is 76.6 Å². The second-order valence-corrected chi connectivity index (χ2v) is 12.0. The molecule has 1 aliphatic rings. The summed E-state index contributed by atoms with van der Waals surface area (Å²) in [4.78, 5) is 7.92. The van der Waals surface area contributed by atoms with Crippen LogP contribution in [0, 0.1) is 0 Å². The second kappa shape index (κ2) is 12.2. The van der Waals surface area contributed by atoms with Gasteiger partial charge in [-0.2, -0.15) is 44.3 Å². The largest absolute Gasteiger partial charge is 0.416 e. The Balaban J connectivity index is 1.62. The van der Waals surface area contributed by atoms with Gasteiger partial charge in [-0.25, -0.2) is 4.98 Å². The maximum Gasteiger partial charge on any atom is 0.416 e. The Hall–Kier alpha value is -3.69. The number of hydrogen-bond donors (Lipinski definition) is 0. The molecule has 1 saturated carbocycles. The fourth-order valence-electron chi connectivity index (χ4n) is 5.43. The van der Waals surface area contributed by atoms with Gasteiger partial charge in [-0.3, -0.25) is 0 Å². The molecule has 45 heavy (non-hydrogen) atoms. The maximum atomic E-state index is 13.9. The number of alkyl halides is 9. The van der Waals surface area contributed by atoms with Gasteiger partial charge < -0.3 is 4.90 Å². The summed E-state index contributed by atoms with van der Waals surface area (Å²) < 4.78 is 123. The first-order valence-corrected chi connectivity index (χ1v) is 14.8. The number of thiazole rings is 1. The van der Waals surface area contributed by atoms with Crippen molar-refractivity contribution in [1.82, 2.24) is 25.2 Å². The number of aryl methyl sites for hydroxylation is 2. The highest BCUT2D eigenvalue weighted by molar-refractivity contribution is 7.12. The van der Waals surface area contributed by atoms with Gasteiger partial charge in [0.2, 0.25) is 0 Å². The summed E-state index contributed by atoms with van der Waals surface area (Å²) >= 11 is 1.50. The zero-order chi connectivity index (χ0) is 32.7. The van der Waals surface area contributed by atoms with E-state index >= 15 is 0 Å². The molecule has 5 rings (SSSR count). The Morgan fingerprint density at radius 3 is 2.00 bits per heavy atom. The quantitative estimate of drug-likeness (QED) is 0.177. The molecule has 0 aliphatic heterocycles. The molecule has 1 aliphatic carbocycles. The average molecular weight is 663 g/mol. The lowest BCUT2D eigenvalue weighted by molar-refractivity contribution is -0.143. The fraction of sp³-hybridized carbons (Fsp3) is 0.448. The molecule has 2 aromatic heterocycles. The minimum atomic E-state index is -5.09. The van der Waals surface area contributed by atoms with Crippen LogP contribution in [0.25, 0.3) is 11.3 Å². The van der Waals surface area contributed by atoms with Crippen molar-refractivity contribution in [2.24, 2.45) is 7.05 Å². The number of benzene rings is 2. The van der Waals surface area contributed by atoms with Crippen molar-refractivity contribution < 1.29 is 39.5 Å². The van der Waals surface area contributed by atoms with Crippen LogP contribution in [-0.4, -0.2) is 25.2 Å². The van der Waals surface area contributed by atoms with Gasteiger partial charge in [-0.1, -0.05) is 30.9 Å². The Bertz CT molecular complexity index is 1620. The Labute approximate surface area is 255 Å². The molecule has 0 amide bonds. The minimum absolute atomic E-state index is 0.00969. The zero-order valence-electron chi connectivity index (χ0n) is 24.0. The zero-order valence-corrected chi connectivity index (χ0v) is 24.8. The van der Waals surface area contributed by atoms with Gasteiger partial charge >= 0.3 is 18.5 Å². The highest BCUT2D eigenvalue weighted by Gasteiger charge is 2.37. The van der Waals surface area contributed by atoms with Crippen LogP contribution >= 0.6 is 11.3 Å². The third kappa shape index (κ3) is 7.42. The topological polar surface area (TPSA) is 59.7 Å². The van der Waals surface area contributed by atoms with Crippen LogP contribution in [0.4, 0.5) is 45.5 Å². The smallest absolute Gasteiger partial charge is 0.330 e. The first kappa shape index (κ1) is 32.7. The summed E-state index contributed by atoms with van der Waals surface area (Å²) in [5.41, 5.74) is -3.45. The molecule has 1 fully saturated rings. The molecule has 16 heteroatoms. The molecule has 4 aromatic rings. The number of tetrazole rings is 1. The first-order valence-electron chi connectivity index (χ1n) is 14.0. The third-order valence-electron chi connectivity index (χ3n) is 7.59. The van der Waals surface area contributed by atoms with Crippen molar-refractivity contribution in [3.05, 3.63) is 74.1 Å². The molecule has 0 spiro atoms. The highest BCUT2D eigenvalue weighted by atomic mass is 32.1. The first-order chi connectivity index (χ1) is 21.0. The van der Waals surface area contributed by atoms with E-state index in [1.165, 1.54) is 29.4 Å². The molecule has 0 unspecified atom stereocenters. The Kier molecular flexibility index (Phi) is 8.90. The average Bonchev–Trinajstić information content (AvgIpc) is 3.72. The van der Waals surface area contributed by atoms with Crippen LogP contribution in [0.1, 0.15) is 76.2 Å². The molecule has 2 heterocycles. The molecule has 0 N–H and O–H groups in total. The minimum Gasteiger partial charge on any atom is -0.330 e. The summed E-state index contributed by atoms with van der Waals surface area (Å²) in [5.74, 6) is 0.0449. The van der Waals surface area contributed by atoms with E-state index < -0.39 is 53.9 Å². The lowest BCUT2D eigenvalue weighted by atomic mass is 9.98. The van der Waals surface area contributed by atoms with E-state index in [1.54, 1.807) is 0 Å². The molecule has 0 atom stereocenters. The Morgan fingerprint density at radius 2 is 1.47 bits per heavy atom. The third-order valence-corrected chi connectivity index (χ3v) is 8.95. The van der Waals surface area contributed by atoms with Gasteiger partial charge in [-0.05, 0) is 65.9 Å². The van der Waals surface area contributed by atoms with Crippen molar-refractivity contribution in [3.8, 4) is 11.3 Å². The number of aromatic nitrogens is 5. The SMILES string of the molecule is CCc1sc(C2CCCC2)nc1-c1ccc(C(F)(F)F)cc1CN(Cc1cc(C(F)(F)F)cc(C(F)(F)F)c1)c1nnn(C)n1. The van der Waals surface area contributed by atoms with E-state index in [2.05, 4.69) is 15.4 Å². The van der Waals surface area contributed by atoms with Crippen LogP contribution in [0.3, 0.4) is 0 Å². The molecule has 2 aromatic carbocycles. The van der Waals surface area contributed by atoms with E-state index in [0.717, 1.165) is 52.5 Å². The van der Waals surface area contributed by atoms with Crippen molar-refractivity contribution in [1.29, 1.82) is 0 Å². The standard InChI is InChI=1S/C29H27F9N6S/c1-3-23-24(39-25(45-23)17-6-4-5-7-17)22-9-8-19(27(30,31)32)12-18(22)15-44(26-40-42-43(2)41-26)14-16-10-20(28(33,34)35)13-21(11-16)29(36,37)38/h8-13,17H,3-7,14-15H2,1-2H3. The number of hydrogen-bond acceptors (Lipinski definition) is 6. The summed E-state index contributed by atoms with van der Waals surface area (Å²) in [7, 11) is 1.39. The van der Waals surface area contributed by atoms with E-state index in [9.17, 15) is 39.5 Å². The van der Waals surface area contributed by atoms with Crippen LogP contribution < -0.4 is 4.90 Å². The van der Waals surface area contributed by atoms with E-state index in [-0.39, 0.29) is 23.5 Å². The van der Waals surface area contributed by atoms with Crippen molar-refractivity contribution in [2.75, 3.05) is 4.90 Å². The molecule has 0 bridgehead atoms. The monoisotopic (exact) mass is 662 g/mol. The van der Waals surface area contributed by atoms with Gasteiger partial charge in [0.05, 0.1) is 34.4 Å². The maximum absolute atomic E-state index is 13.9. The number of halogens is 9. The molecular formula is C29H27F9N6S. The molecule has 6 nitrogen and oxygen atoms in total. The summed E-state index contributed by atoms with van der Waals surface area (Å²) in [5, 5.41) is 12.5. The number of anilines is 1. The number of rotatable bonds is 8. The van der Waals surface area contributed by atoms with E-state index in [1.807, 2.05) is 6.92 Å². The summed E-state index contributed by atoms with van der Waals surface area (Å²) in [6.45, 7) is 0.905. The van der Waals surface area contributed by atoms with Crippen LogP contribution in [0.15, 0.2) is 36.4 Å². The van der Waals surface area contributed by atoms with Gasteiger partial charge in [0.25, 0.3) is 5.95 Å². The van der Waals surface area contributed by atoms with Gasteiger partial charge in [0.15, 0.2) is 0 Å². The predicted octanol–water partition coefficient (Wildman–Crippen LogP) is 8.82. The van der Waals surface area contributed by atoms with Crippen LogP contribution in [-0.2, 0) is 45.1 Å². The highest BCUT2D eigenvalue weighted by Crippen LogP contribution is 2.42. The summed E-state index contributed by atoms with van der Waals surface area (Å²) in [6.07, 6.45) is -10.3. The van der Waals surface area contributed by atoms with Gasteiger partial charge in [0.1, 0.15) is 0 Å². The Morgan fingerprint density at radius 1 is 0.844 bits per heavy atom. The van der Waals surface area contributed by atoms with E-state index in [4.69, 9.17) is 4.98 Å². The number of nitrogens with zero attached hydrogens (tertiary/aromatic N) is 6. The van der Waals surface area contributed by atoms with Gasteiger partial charge in [-0.15, -0.1) is 16.4 Å². The predicted molar refractivity (Wildman–Crippen MR) is 148 cm³/mol. The van der Waals surface area contributed by atoms with E-state index in [0.29, 0.717) is 29.8 Å². The van der Waals surface area contributed by atoms with Crippen LogP contribution in [0.2, 0.25) is 0 Å². The second-order valence-electron chi connectivity index (χ2n) is 10.9. The molecule has 0 saturated heterocycles. The fourth-order valence-corrected chi connectivity index (χ4v) is 6.62.